The van der Waals surface area contributed by atoms with Gasteiger partial charge in [-0.05, 0) is 164 Å². The molecule has 12 atom stereocenters. The summed E-state index contributed by atoms with van der Waals surface area (Å²) in [5, 5.41) is 1.75. The van der Waals surface area contributed by atoms with Crippen molar-refractivity contribution in [2.24, 2.45) is 71.0 Å². The molecule has 8 nitrogen and oxygen atoms in total. The number of hydrogen-bond donors (Lipinski definition) is 0. The Hall–Kier alpha value is -3.94. The summed E-state index contributed by atoms with van der Waals surface area (Å²) in [6.07, 6.45) is 10.3. The standard InChI is InChI=1S/C43H50O8/c1-4-40(44)48-21-32-15-30-17-36(32)38-11-24(9-34(30)38)19-49-42(46)28-7-5-27-14-29(8-6-26(27)13-28)43(47)50-20-25-10-35-31-16-33(22-51-41(45)23(2)3)37(18-31)39(35)12-25/h4-8,13-14,24-25,30-39H,1-2,9-12,15-22H2,3H3/t24?,25?,30?,31?,32?,33?,34?,35-,36?,37?,38?,39?/m1/s1. The van der Waals surface area contributed by atoms with Gasteiger partial charge in [0.25, 0.3) is 0 Å². The molecule has 0 heterocycles. The Balaban J connectivity index is 0.796. The van der Waals surface area contributed by atoms with Crippen molar-refractivity contribution in [2.75, 3.05) is 26.4 Å². The van der Waals surface area contributed by atoms with Gasteiger partial charge in [-0.25, -0.2) is 19.2 Å². The average molecular weight is 695 g/mol. The number of carbonyl (C=O) groups is 4. The zero-order valence-corrected chi connectivity index (χ0v) is 29.6. The predicted octanol–water partition coefficient (Wildman–Crippen LogP) is 7.60. The number of hydrogen-bond acceptors (Lipinski definition) is 8. The van der Waals surface area contributed by atoms with Gasteiger partial charge in [-0.2, -0.15) is 0 Å². The van der Waals surface area contributed by atoms with Crippen LogP contribution >= 0.6 is 0 Å². The lowest BCUT2D eigenvalue weighted by Crippen LogP contribution is -2.28. The lowest BCUT2D eigenvalue weighted by atomic mass is 9.76. The van der Waals surface area contributed by atoms with Gasteiger partial charge >= 0.3 is 23.9 Å². The third-order valence-electron chi connectivity index (χ3n) is 14.0. The summed E-state index contributed by atoms with van der Waals surface area (Å²) in [6.45, 7) is 10.7. The van der Waals surface area contributed by atoms with E-state index >= 15 is 0 Å². The first-order valence-corrected chi connectivity index (χ1v) is 19.1. The average Bonchev–Trinajstić information content (AvgIpc) is 3.98. The van der Waals surface area contributed by atoms with Gasteiger partial charge in [0, 0.05) is 11.6 Å². The maximum Gasteiger partial charge on any atom is 0.338 e. The van der Waals surface area contributed by atoms with Crippen molar-refractivity contribution in [2.45, 2.75) is 58.3 Å². The first-order chi connectivity index (χ1) is 24.6. The van der Waals surface area contributed by atoms with Crippen molar-refractivity contribution < 1.29 is 38.1 Å². The van der Waals surface area contributed by atoms with Gasteiger partial charge in [0.1, 0.15) is 0 Å². The Labute approximate surface area is 300 Å². The fourth-order valence-electron chi connectivity index (χ4n) is 11.9. The van der Waals surface area contributed by atoms with Gasteiger partial charge in [0.2, 0.25) is 0 Å². The van der Waals surface area contributed by atoms with Crippen molar-refractivity contribution in [1.82, 2.24) is 0 Å². The topological polar surface area (TPSA) is 105 Å². The maximum atomic E-state index is 13.1. The molecule has 6 aliphatic rings. The van der Waals surface area contributed by atoms with E-state index in [2.05, 4.69) is 13.2 Å². The molecule has 270 valence electrons. The smallest absolute Gasteiger partial charge is 0.338 e. The van der Waals surface area contributed by atoms with Gasteiger partial charge in [-0.3, -0.25) is 0 Å². The van der Waals surface area contributed by atoms with E-state index in [4.69, 9.17) is 18.9 Å². The minimum atomic E-state index is -0.344. The van der Waals surface area contributed by atoms with Crippen LogP contribution in [0.1, 0.15) is 79.0 Å². The highest BCUT2D eigenvalue weighted by Gasteiger charge is 2.57. The Morgan fingerprint density at radius 1 is 0.608 bits per heavy atom. The quantitative estimate of drug-likeness (QED) is 0.127. The fraction of sp³-hybridized carbons (Fsp3) is 0.581. The molecule has 6 aliphatic carbocycles. The van der Waals surface area contributed by atoms with Gasteiger partial charge in [-0.1, -0.05) is 25.3 Å². The van der Waals surface area contributed by atoms with Crippen LogP contribution in [0.5, 0.6) is 0 Å². The number of benzene rings is 2. The number of esters is 4. The second-order valence-electron chi connectivity index (χ2n) is 16.8. The lowest BCUT2D eigenvalue weighted by molar-refractivity contribution is -0.141. The van der Waals surface area contributed by atoms with Crippen LogP contribution in [0.15, 0.2) is 61.2 Å². The van der Waals surface area contributed by atoms with E-state index in [1.54, 1.807) is 19.1 Å². The normalized spacial score (nSPS) is 35.3. The van der Waals surface area contributed by atoms with Crippen molar-refractivity contribution in [3.8, 4) is 0 Å². The second kappa shape index (κ2) is 13.9. The Kier molecular flexibility index (Phi) is 9.30. The summed E-state index contributed by atoms with van der Waals surface area (Å²) < 4.78 is 22.6. The summed E-state index contributed by atoms with van der Waals surface area (Å²) in [5.41, 5.74) is 1.47. The molecule has 0 aromatic heterocycles. The highest BCUT2D eigenvalue weighted by atomic mass is 16.5. The zero-order chi connectivity index (χ0) is 35.4. The molecular formula is C43H50O8. The largest absolute Gasteiger partial charge is 0.462 e. The predicted molar refractivity (Wildman–Crippen MR) is 190 cm³/mol. The Bertz CT molecular complexity index is 1740. The third-order valence-corrected chi connectivity index (χ3v) is 14.0. The van der Waals surface area contributed by atoms with Crippen LogP contribution in [-0.2, 0) is 28.5 Å². The minimum absolute atomic E-state index is 0.298. The molecule has 11 unspecified atom stereocenters. The van der Waals surface area contributed by atoms with Crippen LogP contribution in [0.2, 0.25) is 0 Å². The van der Waals surface area contributed by atoms with Crippen LogP contribution in [0, 0.1) is 71.0 Å². The number of rotatable bonds is 12. The van der Waals surface area contributed by atoms with Crippen molar-refractivity contribution in [1.29, 1.82) is 0 Å². The monoisotopic (exact) mass is 694 g/mol. The molecule has 0 aliphatic heterocycles. The molecule has 6 saturated carbocycles. The highest BCUT2D eigenvalue weighted by Crippen LogP contribution is 2.63. The molecule has 0 N–H and O–H groups in total. The van der Waals surface area contributed by atoms with Gasteiger partial charge in [0.05, 0.1) is 37.6 Å². The molecule has 2 aromatic carbocycles. The fourth-order valence-corrected chi connectivity index (χ4v) is 11.9. The number of ether oxygens (including phenoxy) is 4. The molecule has 8 heteroatoms. The Morgan fingerprint density at radius 3 is 1.55 bits per heavy atom. The van der Waals surface area contributed by atoms with Crippen LogP contribution < -0.4 is 0 Å². The van der Waals surface area contributed by atoms with Crippen LogP contribution in [0.4, 0.5) is 0 Å². The number of carbonyl (C=O) groups excluding carboxylic acids is 4. The van der Waals surface area contributed by atoms with Gasteiger partial charge in [0.15, 0.2) is 0 Å². The molecule has 0 spiro atoms. The van der Waals surface area contributed by atoms with Gasteiger partial charge < -0.3 is 18.9 Å². The van der Waals surface area contributed by atoms with Crippen molar-refractivity contribution in [3.05, 3.63) is 72.3 Å². The lowest BCUT2D eigenvalue weighted by Gasteiger charge is -2.31. The third kappa shape index (κ3) is 6.64. The summed E-state index contributed by atoms with van der Waals surface area (Å²) in [6, 6.07) is 11.0. The van der Waals surface area contributed by atoms with E-state index in [9.17, 15) is 19.2 Å². The molecular weight excluding hydrogens is 644 g/mol. The highest BCUT2D eigenvalue weighted by molar-refractivity contribution is 5.99. The molecule has 6 fully saturated rings. The van der Waals surface area contributed by atoms with E-state index in [-0.39, 0.29) is 23.9 Å². The number of fused-ring (bicyclic) bond motifs is 11. The molecule has 4 bridgehead atoms. The summed E-state index contributed by atoms with van der Waals surface area (Å²) in [5.74, 6) is 5.54. The van der Waals surface area contributed by atoms with E-state index in [0.717, 1.165) is 49.3 Å². The van der Waals surface area contributed by atoms with Gasteiger partial charge in [-0.15, -0.1) is 0 Å². The van der Waals surface area contributed by atoms with E-state index in [0.29, 0.717) is 114 Å². The van der Waals surface area contributed by atoms with Crippen molar-refractivity contribution >= 4 is 34.6 Å². The van der Waals surface area contributed by atoms with Crippen LogP contribution in [0.25, 0.3) is 10.8 Å². The van der Waals surface area contributed by atoms with E-state index < -0.39 is 0 Å². The van der Waals surface area contributed by atoms with Crippen LogP contribution in [0.3, 0.4) is 0 Å². The first-order valence-electron chi connectivity index (χ1n) is 19.1. The van der Waals surface area contributed by atoms with E-state index in [1.807, 2.05) is 24.3 Å². The van der Waals surface area contributed by atoms with Crippen LogP contribution in [-0.4, -0.2) is 50.3 Å². The summed E-state index contributed by atoms with van der Waals surface area (Å²) >= 11 is 0. The van der Waals surface area contributed by atoms with E-state index in [1.165, 1.54) is 18.9 Å². The molecule has 0 amide bonds. The minimum Gasteiger partial charge on any atom is -0.462 e. The second-order valence-corrected chi connectivity index (χ2v) is 16.8. The molecule has 0 radical (unpaired) electrons. The molecule has 51 heavy (non-hydrogen) atoms. The van der Waals surface area contributed by atoms with Crippen molar-refractivity contribution in [3.63, 3.8) is 0 Å². The zero-order valence-electron chi connectivity index (χ0n) is 29.6. The molecule has 0 saturated heterocycles. The summed E-state index contributed by atoms with van der Waals surface area (Å²) in [4.78, 5) is 49.7. The summed E-state index contributed by atoms with van der Waals surface area (Å²) in [7, 11) is 0. The maximum absolute atomic E-state index is 13.1. The Morgan fingerprint density at radius 2 is 1.08 bits per heavy atom. The first kappa shape index (κ1) is 34.2. The SMILES string of the molecule is C=CC(=O)OCC1CC2CC1C1CC(COC(=O)c3ccc4cc(C(=O)OCC5CC6C7CC(CC7COC(=O)C(=C)C)[C@H]6C5)ccc4c3)CC21. The molecule has 2 aromatic rings. The molecule has 8 rings (SSSR count).